The standard InChI is InChI=1S/C19H24N4O2/c1-25-17-7-3-2-6-15(17)16-12-22-11-8-20-18(22)13-23(16)19(24)14-21-9-4-5-10-21/h2-3,6-8,11,16H,4-5,9-10,12-14H2,1H3/t16-/m1/s1. The lowest BCUT2D eigenvalue weighted by atomic mass is 10.0. The van der Waals surface area contributed by atoms with Crippen molar-refractivity contribution in [1.82, 2.24) is 19.4 Å². The number of para-hydroxylation sites is 1. The van der Waals surface area contributed by atoms with E-state index in [0.717, 1.165) is 30.2 Å². The number of likely N-dealkylation sites (tertiary alicyclic amines) is 1. The molecule has 1 aromatic carbocycles. The Morgan fingerprint density at radius 3 is 2.88 bits per heavy atom. The van der Waals surface area contributed by atoms with Gasteiger partial charge in [-0.3, -0.25) is 9.69 Å². The fraction of sp³-hybridized carbons (Fsp3) is 0.474. The molecule has 0 unspecified atom stereocenters. The molecule has 132 valence electrons. The molecule has 3 heterocycles. The minimum atomic E-state index is -0.0343. The number of imidazole rings is 1. The second kappa shape index (κ2) is 6.88. The minimum absolute atomic E-state index is 0.0343. The molecule has 1 aromatic heterocycles. The molecule has 1 fully saturated rings. The predicted octanol–water partition coefficient (Wildman–Crippen LogP) is 2.07. The van der Waals surface area contributed by atoms with E-state index in [2.05, 4.69) is 20.5 Å². The Hall–Kier alpha value is -2.34. The lowest BCUT2D eigenvalue weighted by Gasteiger charge is -2.37. The highest BCUT2D eigenvalue weighted by atomic mass is 16.5. The van der Waals surface area contributed by atoms with E-state index >= 15 is 0 Å². The van der Waals surface area contributed by atoms with Crippen LogP contribution in [-0.4, -0.2) is 52.0 Å². The van der Waals surface area contributed by atoms with Gasteiger partial charge in [-0.1, -0.05) is 18.2 Å². The van der Waals surface area contributed by atoms with Crippen LogP contribution in [0, 0.1) is 0 Å². The number of aromatic nitrogens is 2. The van der Waals surface area contributed by atoms with E-state index in [4.69, 9.17) is 4.74 Å². The van der Waals surface area contributed by atoms with Crippen molar-refractivity contribution < 1.29 is 9.53 Å². The molecule has 4 rings (SSSR count). The summed E-state index contributed by atoms with van der Waals surface area (Å²) in [5.41, 5.74) is 1.05. The normalized spacial score (nSPS) is 20.5. The van der Waals surface area contributed by atoms with Crippen LogP contribution in [-0.2, 0) is 17.9 Å². The van der Waals surface area contributed by atoms with Gasteiger partial charge < -0.3 is 14.2 Å². The zero-order valence-corrected chi connectivity index (χ0v) is 14.6. The Morgan fingerprint density at radius 1 is 1.28 bits per heavy atom. The van der Waals surface area contributed by atoms with Crippen molar-refractivity contribution in [2.75, 3.05) is 26.7 Å². The zero-order chi connectivity index (χ0) is 17.2. The molecule has 2 aliphatic rings. The molecule has 0 saturated carbocycles. The molecular weight excluding hydrogens is 316 g/mol. The maximum absolute atomic E-state index is 13.1. The summed E-state index contributed by atoms with van der Waals surface area (Å²) in [7, 11) is 1.68. The fourth-order valence-corrected chi connectivity index (χ4v) is 3.90. The molecule has 6 heteroatoms. The summed E-state index contributed by atoms with van der Waals surface area (Å²) < 4.78 is 7.69. The van der Waals surface area contributed by atoms with E-state index < -0.39 is 0 Å². The number of amides is 1. The Kier molecular flexibility index (Phi) is 4.44. The average molecular weight is 340 g/mol. The van der Waals surface area contributed by atoms with Gasteiger partial charge >= 0.3 is 0 Å². The van der Waals surface area contributed by atoms with Gasteiger partial charge in [0.05, 0.1) is 26.2 Å². The van der Waals surface area contributed by atoms with E-state index in [1.54, 1.807) is 7.11 Å². The predicted molar refractivity (Wildman–Crippen MR) is 94.2 cm³/mol. The fourth-order valence-electron chi connectivity index (χ4n) is 3.90. The Labute approximate surface area is 148 Å². The summed E-state index contributed by atoms with van der Waals surface area (Å²) in [6.45, 7) is 3.79. The number of rotatable bonds is 4. The van der Waals surface area contributed by atoms with E-state index in [1.165, 1.54) is 12.8 Å². The number of nitrogens with zero attached hydrogens (tertiary/aromatic N) is 4. The molecule has 2 aliphatic heterocycles. The van der Waals surface area contributed by atoms with Crippen molar-refractivity contribution in [2.24, 2.45) is 0 Å². The summed E-state index contributed by atoms with van der Waals surface area (Å²) >= 11 is 0. The van der Waals surface area contributed by atoms with Gasteiger partial charge in [-0.15, -0.1) is 0 Å². The molecule has 6 nitrogen and oxygen atoms in total. The number of fused-ring (bicyclic) bond motifs is 1. The summed E-state index contributed by atoms with van der Waals surface area (Å²) in [5, 5.41) is 0. The molecule has 0 N–H and O–H groups in total. The van der Waals surface area contributed by atoms with Gasteiger partial charge in [0.2, 0.25) is 5.91 Å². The molecular formula is C19H24N4O2. The van der Waals surface area contributed by atoms with Gasteiger partial charge in [0.25, 0.3) is 0 Å². The van der Waals surface area contributed by atoms with Gasteiger partial charge in [0.15, 0.2) is 0 Å². The van der Waals surface area contributed by atoms with Crippen LogP contribution in [0.2, 0.25) is 0 Å². The highest BCUT2D eigenvalue weighted by Gasteiger charge is 2.33. The molecule has 0 bridgehead atoms. The summed E-state index contributed by atoms with van der Waals surface area (Å²) in [6, 6.07) is 7.95. The van der Waals surface area contributed by atoms with E-state index in [-0.39, 0.29) is 11.9 Å². The van der Waals surface area contributed by atoms with Crippen LogP contribution in [0.4, 0.5) is 0 Å². The summed E-state index contributed by atoms with van der Waals surface area (Å²) in [4.78, 5) is 21.7. The van der Waals surface area contributed by atoms with E-state index in [9.17, 15) is 4.79 Å². The van der Waals surface area contributed by atoms with Crippen LogP contribution < -0.4 is 4.74 Å². The Balaban J connectivity index is 1.64. The number of carbonyl (C=O) groups is 1. The van der Waals surface area contributed by atoms with Crippen LogP contribution in [0.3, 0.4) is 0 Å². The largest absolute Gasteiger partial charge is 0.496 e. The first-order valence-corrected chi connectivity index (χ1v) is 8.91. The SMILES string of the molecule is COc1ccccc1[C@H]1Cn2ccnc2CN1C(=O)CN1CCCC1. The molecule has 1 saturated heterocycles. The number of ether oxygens (including phenoxy) is 1. The lowest BCUT2D eigenvalue weighted by Crippen LogP contribution is -2.45. The molecule has 2 aromatic rings. The van der Waals surface area contributed by atoms with E-state index in [1.807, 2.05) is 35.5 Å². The lowest BCUT2D eigenvalue weighted by molar-refractivity contribution is -0.136. The number of hydrogen-bond donors (Lipinski definition) is 0. The van der Waals surface area contributed by atoms with Crippen LogP contribution in [0.5, 0.6) is 5.75 Å². The first kappa shape index (κ1) is 16.1. The van der Waals surface area contributed by atoms with Gasteiger partial charge in [-0.2, -0.15) is 0 Å². The van der Waals surface area contributed by atoms with Gasteiger partial charge in [0, 0.05) is 24.5 Å². The summed E-state index contributed by atoms with van der Waals surface area (Å²) in [6.07, 6.45) is 6.17. The first-order chi connectivity index (χ1) is 12.3. The smallest absolute Gasteiger partial charge is 0.237 e. The van der Waals surface area contributed by atoms with Crippen LogP contribution >= 0.6 is 0 Å². The van der Waals surface area contributed by atoms with Crippen molar-refractivity contribution >= 4 is 5.91 Å². The molecule has 0 spiro atoms. The number of carbonyl (C=O) groups excluding carboxylic acids is 1. The third-order valence-corrected chi connectivity index (χ3v) is 5.24. The third kappa shape index (κ3) is 3.14. The van der Waals surface area contributed by atoms with Gasteiger partial charge in [-0.05, 0) is 32.0 Å². The Morgan fingerprint density at radius 2 is 2.08 bits per heavy atom. The quantitative estimate of drug-likeness (QED) is 0.855. The van der Waals surface area contributed by atoms with Crippen LogP contribution in [0.15, 0.2) is 36.7 Å². The van der Waals surface area contributed by atoms with Crippen molar-refractivity contribution in [3.05, 3.63) is 48.0 Å². The minimum Gasteiger partial charge on any atom is -0.496 e. The molecule has 0 aliphatic carbocycles. The maximum atomic E-state index is 13.1. The maximum Gasteiger partial charge on any atom is 0.237 e. The topological polar surface area (TPSA) is 50.6 Å². The van der Waals surface area contributed by atoms with Gasteiger partial charge in [0.1, 0.15) is 11.6 Å². The Bertz CT molecular complexity index is 751. The number of hydrogen-bond acceptors (Lipinski definition) is 4. The van der Waals surface area contributed by atoms with Crippen LogP contribution in [0.25, 0.3) is 0 Å². The highest BCUT2D eigenvalue weighted by Crippen LogP contribution is 2.34. The summed E-state index contributed by atoms with van der Waals surface area (Å²) in [5.74, 6) is 1.95. The second-order valence-corrected chi connectivity index (χ2v) is 6.76. The monoisotopic (exact) mass is 340 g/mol. The van der Waals surface area contributed by atoms with E-state index in [0.29, 0.717) is 19.6 Å². The van der Waals surface area contributed by atoms with Crippen molar-refractivity contribution in [1.29, 1.82) is 0 Å². The molecule has 1 amide bonds. The molecule has 25 heavy (non-hydrogen) atoms. The number of benzene rings is 1. The van der Waals surface area contributed by atoms with Crippen LogP contribution in [0.1, 0.15) is 30.3 Å². The number of methoxy groups -OCH3 is 1. The first-order valence-electron chi connectivity index (χ1n) is 8.91. The second-order valence-electron chi connectivity index (χ2n) is 6.76. The zero-order valence-electron chi connectivity index (χ0n) is 14.6. The molecule has 0 radical (unpaired) electrons. The van der Waals surface area contributed by atoms with Crippen molar-refractivity contribution in [3.8, 4) is 5.75 Å². The molecule has 1 atom stereocenters. The van der Waals surface area contributed by atoms with Gasteiger partial charge in [-0.25, -0.2) is 4.98 Å². The van der Waals surface area contributed by atoms with Crippen molar-refractivity contribution in [2.45, 2.75) is 32.0 Å². The highest BCUT2D eigenvalue weighted by molar-refractivity contribution is 5.79. The van der Waals surface area contributed by atoms with Crippen molar-refractivity contribution in [3.63, 3.8) is 0 Å². The third-order valence-electron chi connectivity index (χ3n) is 5.24. The average Bonchev–Trinajstić information content (AvgIpc) is 3.31.